The molecule has 1 spiro atoms. The van der Waals surface area contributed by atoms with E-state index in [0.717, 1.165) is 16.0 Å². The number of carbonyl (C=O) groups is 4. The molecule has 6 nitrogen and oxygen atoms in total. The van der Waals surface area contributed by atoms with Gasteiger partial charge < -0.3 is 4.74 Å². The maximum atomic E-state index is 13.9. The van der Waals surface area contributed by atoms with Crippen LogP contribution in [0.25, 0.3) is 0 Å². The fourth-order valence-corrected chi connectivity index (χ4v) is 5.72. The number of anilines is 1. The van der Waals surface area contributed by atoms with E-state index in [4.69, 9.17) is 16.3 Å². The summed E-state index contributed by atoms with van der Waals surface area (Å²) < 4.78 is 6.28. The quantitative estimate of drug-likeness (QED) is 0.390. The number of imide groups is 1. The first kappa shape index (κ1) is 21.9. The number of amides is 2. The summed E-state index contributed by atoms with van der Waals surface area (Å²) in [6.45, 7) is 3.75. The summed E-state index contributed by atoms with van der Waals surface area (Å²) in [7, 11) is 0. The van der Waals surface area contributed by atoms with Gasteiger partial charge in [0, 0.05) is 16.1 Å². The molecule has 2 amide bonds. The Bertz CT molecular complexity index is 1430. The molecule has 2 fully saturated rings. The second kappa shape index (κ2) is 7.44. The third kappa shape index (κ3) is 2.81. The molecule has 2 saturated heterocycles. The minimum absolute atomic E-state index is 0.206. The SMILES string of the molecule is Cc1ccc([C@@H]2OC3(C(=O)c4ccccc4C3=O)[C@@H]3C(=O)N(c4ccc(C)c(Cl)c4)C(=O)[C@H]32)cc1. The van der Waals surface area contributed by atoms with Crippen molar-refractivity contribution in [3.8, 4) is 0 Å². The summed E-state index contributed by atoms with van der Waals surface area (Å²) in [6.07, 6.45) is -0.940. The van der Waals surface area contributed by atoms with Gasteiger partial charge in [-0.25, -0.2) is 4.90 Å². The Kier molecular flexibility index (Phi) is 4.66. The second-order valence-corrected chi connectivity index (χ2v) is 9.74. The van der Waals surface area contributed by atoms with E-state index < -0.39 is 46.9 Å². The highest BCUT2D eigenvalue weighted by molar-refractivity contribution is 6.37. The zero-order valence-electron chi connectivity index (χ0n) is 18.9. The van der Waals surface area contributed by atoms with Crippen LogP contribution in [-0.2, 0) is 14.3 Å². The molecule has 2 heterocycles. The Labute approximate surface area is 206 Å². The number of carbonyl (C=O) groups excluding carboxylic acids is 4. The van der Waals surface area contributed by atoms with Crippen LogP contribution >= 0.6 is 11.6 Å². The standard InChI is InChI=1S/C28H20ClNO5/c1-14-7-10-16(11-8-14)23-21-22(27(34)30(26(21)33)17-12-9-15(2)20(29)13-17)28(35-23)24(31)18-5-3-4-6-19(18)25(28)32/h3-13,21-23H,1-2H3/t21-,22+,23+/m1/s1. The number of ether oxygens (including phenoxy) is 1. The molecular weight excluding hydrogens is 466 g/mol. The van der Waals surface area contributed by atoms with Crippen molar-refractivity contribution in [2.24, 2.45) is 11.8 Å². The average molecular weight is 486 g/mol. The predicted molar refractivity (Wildman–Crippen MR) is 129 cm³/mol. The molecule has 0 bridgehead atoms. The molecule has 2 aliphatic heterocycles. The van der Waals surface area contributed by atoms with Crippen molar-refractivity contribution in [3.63, 3.8) is 0 Å². The Hall–Kier alpha value is -3.61. The van der Waals surface area contributed by atoms with Gasteiger partial charge in [-0.05, 0) is 37.1 Å². The molecule has 35 heavy (non-hydrogen) atoms. The number of hydrogen-bond donors (Lipinski definition) is 0. The van der Waals surface area contributed by atoms with Gasteiger partial charge in [0.2, 0.25) is 29.0 Å². The fourth-order valence-electron chi connectivity index (χ4n) is 5.55. The first-order valence-corrected chi connectivity index (χ1v) is 11.7. The normalized spacial score (nSPS) is 24.4. The van der Waals surface area contributed by atoms with Crippen LogP contribution < -0.4 is 4.90 Å². The average Bonchev–Trinajstić information content (AvgIpc) is 3.41. The zero-order valence-corrected chi connectivity index (χ0v) is 19.7. The van der Waals surface area contributed by atoms with Gasteiger partial charge >= 0.3 is 0 Å². The van der Waals surface area contributed by atoms with Crippen LogP contribution in [0.1, 0.15) is 43.5 Å². The van der Waals surface area contributed by atoms with Crippen LogP contribution in [-0.4, -0.2) is 29.0 Å². The Balaban J connectivity index is 1.54. The summed E-state index contributed by atoms with van der Waals surface area (Å²) in [5.74, 6) is -4.62. The minimum atomic E-state index is -2.08. The number of hydrogen-bond acceptors (Lipinski definition) is 5. The van der Waals surface area contributed by atoms with E-state index in [2.05, 4.69) is 0 Å². The van der Waals surface area contributed by atoms with E-state index in [0.29, 0.717) is 16.3 Å². The first-order valence-electron chi connectivity index (χ1n) is 11.3. The highest BCUT2D eigenvalue weighted by atomic mass is 35.5. The van der Waals surface area contributed by atoms with Crippen molar-refractivity contribution in [1.29, 1.82) is 0 Å². The Morgan fingerprint density at radius 2 is 1.46 bits per heavy atom. The molecule has 0 aromatic heterocycles. The van der Waals surface area contributed by atoms with E-state index in [9.17, 15) is 19.2 Å². The number of Topliss-reactive ketones (excluding diaryl/α,β-unsaturated/α-hetero) is 2. The van der Waals surface area contributed by atoms with Crippen LogP contribution in [0.15, 0.2) is 66.7 Å². The topological polar surface area (TPSA) is 80.8 Å². The molecule has 3 aliphatic rings. The van der Waals surface area contributed by atoms with Crippen LogP contribution in [0, 0.1) is 25.7 Å². The van der Waals surface area contributed by atoms with Crippen molar-refractivity contribution in [3.05, 3.63) is 99.6 Å². The van der Waals surface area contributed by atoms with Crippen LogP contribution in [0.5, 0.6) is 0 Å². The molecule has 0 saturated carbocycles. The van der Waals surface area contributed by atoms with Gasteiger partial charge in [-0.15, -0.1) is 0 Å². The molecule has 174 valence electrons. The van der Waals surface area contributed by atoms with Gasteiger partial charge in [-0.2, -0.15) is 0 Å². The number of benzene rings is 3. The lowest BCUT2D eigenvalue weighted by molar-refractivity contribution is -0.127. The van der Waals surface area contributed by atoms with Crippen molar-refractivity contribution in [2.45, 2.75) is 25.6 Å². The number of nitrogens with zero attached hydrogens (tertiary/aromatic N) is 1. The van der Waals surface area contributed by atoms with Gasteiger partial charge in [0.15, 0.2) is 0 Å². The minimum Gasteiger partial charge on any atom is -0.349 e. The number of ketones is 2. The lowest BCUT2D eigenvalue weighted by Crippen LogP contribution is -2.51. The summed E-state index contributed by atoms with van der Waals surface area (Å²) in [4.78, 5) is 56.3. The zero-order chi connectivity index (χ0) is 24.6. The van der Waals surface area contributed by atoms with Gasteiger partial charge in [-0.1, -0.05) is 71.8 Å². The molecule has 6 rings (SSSR count). The molecule has 3 aromatic carbocycles. The third-order valence-corrected chi connectivity index (χ3v) is 7.75. The van der Waals surface area contributed by atoms with Gasteiger partial charge in [0.25, 0.3) is 0 Å². The maximum absolute atomic E-state index is 13.9. The molecule has 3 atom stereocenters. The molecule has 1 aliphatic carbocycles. The van der Waals surface area contributed by atoms with Crippen LogP contribution in [0.4, 0.5) is 5.69 Å². The van der Waals surface area contributed by atoms with E-state index in [1.165, 1.54) is 0 Å². The van der Waals surface area contributed by atoms with E-state index in [1.807, 2.05) is 26.0 Å². The van der Waals surface area contributed by atoms with Crippen molar-refractivity contribution >= 4 is 40.7 Å². The Morgan fingerprint density at radius 1 is 0.829 bits per heavy atom. The predicted octanol–water partition coefficient (Wildman–Crippen LogP) is 4.65. The largest absolute Gasteiger partial charge is 0.349 e. The number of halogens is 1. The summed E-state index contributed by atoms with van der Waals surface area (Å²) in [5.41, 5.74) is 1.06. The number of aryl methyl sites for hydroxylation is 2. The second-order valence-electron chi connectivity index (χ2n) is 9.34. The molecule has 0 unspecified atom stereocenters. The van der Waals surface area contributed by atoms with E-state index in [1.54, 1.807) is 54.6 Å². The van der Waals surface area contributed by atoms with Crippen molar-refractivity contribution in [1.82, 2.24) is 0 Å². The molecule has 7 heteroatoms. The number of rotatable bonds is 2. The maximum Gasteiger partial charge on any atom is 0.241 e. The van der Waals surface area contributed by atoms with Gasteiger partial charge in [0.05, 0.1) is 23.6 Å². The summed E-state index contributed by atoms with van der Waals surface area (Å²) >= 11 is 6.29. The van der Waals surface area contributed by atoms with Gasteiger partial charge in [-0.3, -0.25) is 19.2 Å². The highest BCUT2D eigenvalue weighted by Gasteiger charge is 2.74. The monoisotopic (exact) mass is 485 g/mol. The molecular formula is C28H20ClNO5. The fraction of sp³-hybridized carbons (Fsp3) is 0.214. The first-order chi connectivity index (χ1) is 16.8. The van der Waals surface area contributed by atoms with E-state index in [-0.39, 0.29) is 11.1 Å². The Morgan fingerprint density at radius 3 is 2.06 bits per heavy atom. The molecule has 3 aromatic rings. The van der Waals surface area contributed by atoms with Gasteiger partial charge in [0.1, 0.15) is 0 Å². The van der Waals surface area contributed by atoms with Crippen molar-refractivity contribution in [2.75, 3.05) is 4.90 Å². The summed E-state index contributed by atoms with van der Waals surface area (Å²) in [5, 5.41) is 0.404. The third-order valence-electron chi connectivity index (χ3n) is 7.34. The number of fused-ring (bicyclic) bond motifs is 3. The van der Waals surface area contributed by atoms with Crippen molar-refractivity contribution < 1.29 is 23.9 Å². The van der Waals surface area contributed by atoms with Crippen LogP contribution in [0.3, 0.4) is 0 Å². The molecule has 0 radical (unpaired) electrons. The molecule has 0 N–H and O–H groups in total. The smallest absolute Gasteiger partial charge is 0.241 e. The van der Waals surface area contributed by atoms with E-state index >= 15 is 0 Å². The lowest BCUT2D eigenvalue weighted by atomic mass is 9.77. The van der Waals surface area contributed by atoms with Crippen LogP contribution in [0.2, 0.25) is 5.02 Å². The summed E-state index contributed by atoms with van der Waals surface area (Å²) in [6, 6.07) is 18.7. The lowest BCUT2D eigenvalue weighted by Gasteiger charge is -2.27. The highest BCUT2D eigenvalue weighted by Crippen LogP contribution is 2.57.